The number of benzene rings is 2. The summed E-state index contributed by atoms with van der Waals surface area (Å²) in [5.74, 6) is -1.18. The number of hydrogen-bond donors (Lipinski definition) is 2. The lowest BCUT2D eigenvalue weighted by molar-refractivity contribution is -0.151. The number of nitrogens with one attached hydrogen (secondary N) is 1. The van der Waals surface area contributed by atoms with Crippen molar-refractivity contribution < 1.29 is 19.4 Å². The maximum Gasteiger partial charge on any atom is 0.337 e. The number of methoxy groups -OCH3 is 1. The molecule has 0 unspecified atom stereocenters. The first-order valence-electron chi connectivity index (χ1n) is 6.80. The number of amides is 1. The van der Waals surface area contributed by atoms with E-state index in [-0.39, 0.29) is 18.3 Å². The molecule has 0 bridgehead atoms. The highest BCUT2D eigenvalue weighted by molar-refractivity contribution is 5.94. The molecule has 1 amide bonds. The van der Waals surface area contributed by atoms with Crippen LogP contribution < -0.4 is 5.32 Å². The van der Waals surface area contributed by atoms with Crippen LogP contribution in [-0.4, -0.2) is 30.2 Å². The summed E-state index contributed by atoms with van der Waals surface area (Å²) in [5, 5.41) is 12.8. The van der Waals surface area contributed by atoms with E-state index < -0.39 is 18.1 Å². The predicted molar refractivity (Wildman–Crippen MR) is 88.4 cm³/mol. The lowest BCUT2D eigenvalue weighted by Gasteiger charge is -2.23. The summed E-state index contributed by atoms with van der Waals surface area (Å²) in [6, 6.07) is 16.5. The molecule has 2 rings (SSSR count). The topological polar surface area (TPSA) is 75.6 Å². The van der Waals surface area contributed by atoms with E-state index in [0.717, 1.165) is 0 Å². The first-order chi connectivity index (χ1) is 10.6. The standard InChI is InChI=1S/C17H17NO4.ClH/c1-22-17(21)15(19)14(12-8-4-2-5-9-12)18-16(20)13-10-6-3-7-11-13;/h2-11,14-15,19H,1H3,(H,18,20);1H/t14-,15-;/m0./s1. The van der Waals surface area contributed by atoms with E-state index in [0.29, 0.717) is 11.1 Å². The summed E-state index contributed by atoms with van der Waals surface area (Å²) in [6.07, 6.45) is -1.49. The Kier molecular flexibility index (Phi) is 7.25. The van der Waals surface area contributed by atoms with Crippen LogP contribution in [0, 0.1) is 0 Å². The van der Waals surface area contributed by atoms with Gasteiger partial charge in [-0.25, -0.2) is 4.79 Å². The molecule has 6 heteroatoms. The van der Waals surface area contributed by atoms with Gasteiger partial charge in [-0.15, -0.1) is 12.4 Å². The van der Waals surface area contributed by atoms with Gasteiger partial charge >= 0.3 is 5.97 Å². The van der Waals surface area contributed by atoms with Crippen LogP contribution >= 0.6 is 12.4 Å². The van der Waals surface area contributed by atoms with Crippen molar-refractivity contribution in [3.05, 3.63) is 71.8 Å². The minimum Gasteiger partial charge on any atom is -0.467 e. The fourth-order valence-electron chi connectivity index (χ4n) is 2.08. The zero-order valence-corrected chi connectivity index (χ0v) is 13.3. The first-order valence-corrected chi connectivity index (χ1v) is 6.80. The molecular formula is C17H18ClNO4. The van der Waals surface area contributed by atoms with Crippen molar-refractivity contribution in [2.24, 2.45) is 0 Å². The van der Waals surface area contributed by atoms with Crippen LogP contribution in [0.4, 0.5) is 0 Å². The third-order valence-corrected chi connectivity index (χ3v) is 3.24. The summed E-state index contributed by atoms with van der Waals surface area (Å²) in [6.45, 7) is 0. The van der Waals surface area contributed by atoms with E-state index in [1.165, 1.54) is 7.11 Å². The molecule has 0 aliphatic heterocycles. The van der Waals surface area contributed by atoms with Crippen LogP contribution in [0.25, 0.3) is 0 Å². The molecule has 0 saturated heterocycles. The number of ether oxygens (including phenoxy) is 1. The summed E-state index contributed by atoms with van der Waals surface area (Å²) in [5.41, 5.74) is 1.06. The van der Waals surface area contributed by atoms with Gasteiger partial charge in [-0.05, 0) is 17.7 Å². The maximum atomic E-state index is 12.3. The monoisotopic (exact) mass is 335 g/mol. The van der Waals surface area contributed by atoms with Gasteiger partial charge in [0.05, 0.1) is 13.2 Å². The Morgan fingerprint density at radius 1 is 1.00 bits per heavy atom. The largest absolute Gasteiger partial charge is 0.467 e. The Morgan fingerprint density at radius 2 is 1.52 bits per heavy atom. The quantitative estimate of drug-likeness (QED) is 0.821. The van der Waals surface area contributed by atoms with E-state index in [1.54, 1.807) is 54.6 Å². The van der Waals surface area contributed by atoms with Crippen molar-refractivity contribution in [2.45, 2.75) is 12.1 Å². The number of esters is 1. The molecule has 2 aromatic rings. The number of halogens is 1. The number of aliphatic hydroxyl groups excluding tert-OH is 1. The molecule has 23 heavy (non-hydrogen) atoms. The van der Waals surface area contributed by atoms with Crippen LogP contribution in [0.2, 0.25) is 0 Å². The third-order valence-electron chi connectivity index (χ3n) is 3.24. The van der Waals surface area contributed by atoms with E-state index in [1.807, 2.05) is 6.07 Å². The Hall–Kier alpha value is -2.37. The van der Waals surface area contributed by atoms with Crippen LogP contribution in [0.1, 0.15) is 22.0 Å². The minimum absolute atomic E-state index is 0. The van der Waals surface area contributed by atoms with Gasteiger partial charge in [0, 0.05) is 5.56 Å². The van der Waals surface area contributed by atoms with Gasteiger partial charge in [0.25, 0.3) is 5.91 Å². The highest BCUT2D eigenvalue weighted by atomic mass is 35.5. The molecule has 2 N–H and O–H groups in total. The Morgan fingerprint density at radius 3 is 2.04 bits per heavy atom. The highest BCUT2D eigenvalue weighted by Gasteiger charge is 2.30. The number of rotatable bonds is 5. The van der Waals surface area contributed by atoms with Crippen molar-refractivity contribution in [1.29, 1.82) is 0 Å². The van der Waals surface area contributed by atoms with Gasteiger partial charge in [-0.3, -0.25) is 4.79 Å². The molecule has 0 spiro atoms. The van der Waals surface area contributed by atoms with Gasteiger partial charge < -0.3 is 15.2 Å². The van der Waals surface area contributed by atoms with Gasteiger partial charge in [0.1, 0.15) is 0 Å². The second-order valence-corrected chi connectivity index (χ2v) is 4.70. The van der Waals surface area contributed by atoms with E-state index >= 15 is 0 Å². The number of carbonyl (C=O) groups excluding carboxylic acids is 2. The molecule has 0 radical (unpaired) electrons. The number of hydrogen-bond acceptors (Lipinski definition) is 4. The van der Waals surface area contributed by atoms with Gasteiger partial charge in [-0.1, -0.05) is 48.5 Å². The maximum absolute atomic E-state index is 12.3. The SMILES string of the molecule is COC(=O)[C@@H](O)[C@@H](NC(=O)c1ccccc1)c1ccccc1.Cl. The van der Waals surface area contributed by atoms with Crippen LogP contribution in [0.15, 0.2) is 60.7 Å². The second-order valence-electron chi connectivity index (χ2n) is 4.70. The van der Waals surface area contributed by atoms with Crippen LogP contribution in [0.3, 0.4) is 0 Å². The van der Waals surface area contributed by atoms with Crippen molar-refractivity contribution in [1.82, 2.24) is 5.32 Å². The van der Waals surface area contributed by atoms with Crippen molar-refractivity contribution >= 4 is 24.3 Å². The van der Waals surface area contributed by atoms with Crippen molar-refractivity contribution in [2.75, 3.05) is 7.11 Å². The molecule has 0 heterocycles. The molecule has 2 atom stereocenters. The fraction of sp³-hybridized carbons (Fsp3) is 0.176. The van der Waals surface area contributed by atoms with E-state index in [2.05, 4.69) is 10.1 Å². The van der Waals surface area contributed by atoms with Crippen LogP contribution in [0.5, 0.6) is 0 Å². The van der Waals surface area contributed by atoms with Gasteiger partial charge in [-0.2, -0.15) is 0 Å². The van der Waals surface area contributed by atoms with Gasteiger partial charge in [0.2, 0.25) is 0 Å². The molecule has 0 fully saturated rings. The molecule has 122 valence electrons. The molecule has 0 aliphatic carbocycles. The van der Waals surface area contributed by atoms with Gasteiger partial charge in [0.15, 0.2) is 6.10 Å². The normalized spacial score (nSPS) is 12.4. The molecule has 2 aromatic carbocycles. The molecule has 0 aliphatic rings. The van der Waals surface area contributed by atoms with Crippen molar-refractivity contribution in [3.8, 4) is 0 Å². The average molecular weight is 336 g/mol. The fourth-order valence-corrected chi connectivity index (χ4v) is 2.08. The van der Waals surface area contributed by atoms with E-state index in [4.69, 9.17) is 0 Å². The number of aliphatic hydroxyl groups is 1. The minimum atomic E-state index is -1.49. The summed E-state index contributed by atoms with van der Waals surface area (Å²) in [7, 11) is 1.19. The Bertz CT molecular complexity index is 634. The van der Waals surface area contributed by atoms with Crippen LogP contribution in [-0.2, 0) is 9.53 Å². The Labute approximate surface area is 140 Å². The summed E-state index contributed by atoms with van der Waals surface area (Å²) >= 11 is 0. The molecular weight excluding hydrogens is 318 g/mol. The average Bonchev–Trinajstić information content (AvgIpc) is 2.59. The smallest absolute Gasteiger partial charge is 0.337 e. The lowest BCUT2D eigenvalue weighted by atomic mass is 10.0. The molecule has 5 nitrogen and oxygen atoms in total. The zero-order valence-electron chi connectivity index (χ0n) is 12.5. The first kappa shape index (κ1) is 18.7. The van der Waals surface area contributed by atoms with Crippen molar-refractivity contribution in [3.63, 3.8) is 0 Å². The zero-order chi connectivity index (χ0) is 15.9. The third kappa shape index (κ3) is 4.81. The second kappa shape index (κ2) is 8.92. The molecule has 0 saturated carbocycles. The predicted octanol–water partition coefficient (Wildman–Crippen LogP) is 2.11. The highest BCUT2D eigenvalue weighted by Crippen LogP contribution is 2.18. The summed E-state index contributed by atoms with van der Waals surface area (Å²) < 4.78 is 4.56. The number of carbonyl (C=O) groups is 2. The summed E-state index contributed by atoms with van der Waals surface area (Å²) in [4.78, 5) is 23.9. The molecule has 0 aromatic heterocycles. The van der Waals surface area contributed by atoms with E-state index in [9.17, 15) is 14.7 Å². The lowest BCUT2D eigenvalue weighted by Crippen LogP contribution is -2.40. The Balaban J connectivity index is 0.00000264.